The summed E-state index contributed by atoms with van der Waals surface area (Å²) >= 11 is 0. The Kier molecular flexibility index (Phi) is 11.7. The third-order valence-electron chi connectivity index (χ3n) is 11.0. The summed E-state index contributed by atoms with van der Waals surface area (Å²) in [5.74, 6) is -0.545. The fraction of sp³-hybridized carbons (Fsp3) is 0.415. The molecule has 2 aliphatic heterocycles. The van der Waals surface area contributed by atoms with E-state index in [9.17, 15) is 19.2 Å². The van der Waals surface area contributed by atoms with Crippen LogP contribution in [0.3, 0.4) is 0 Å². The van der Waals surface area contributed by atoms with Crippen molar-refractivity contribution in [2.45, 2.75) is 63.5 Å². The molecule has 7 rings (SSSR count). The predicted octanol–water partition coefficient (Wildman–Crippen LogP) is 3.57. The van der Waals surface area contributed by atoms with Crippen LogP contribution in [0.4, 0.5) is 10.5 Å². The van der Waals surface area contributed by atoms with Crippen LogP contribution in [0.2, 0.25) is 0 Å². The normalized spacial score (nSPS) is 16.3. The molecule has 14 heteroatoms. The van der Waals surface area contributed by atoms with Crippen molar-refractivity contribution in [3.63, 3.8) is 0 Å². The van der Waals surface area contributed by atoms with Crippen molar-refractivity contribution >= 4 is 45.3 Å². The number of H-pyrrole nitrogens is 2. The van der Waals surface area contributed by atoms with Crippen molar-refractivity contribution in [3.05, 3.63) is 100 Å². The zero-order valence-electron chi connectivity index (χ0n) is 31.3. The van der Waals surface area contributed by atoms with Gasteiger partial charge >= 0.3 is 6.03 Å². The highest BCUT2D eigenvalue weighted by atomic mass is 16.2. The largest absolute Gasteiger partial charge is 0.368 e. The van der Waals surface area contributed by atoms with Crippen LogP contribution in [0, 0.1) is 6.92 Å². The van der Waals surface area contributed by atoms with Crippen molar-refractivity contribution in [2.24, 2.45) is 5.73 Å². The highest BCUT2D eigenvalue weighted by Crippen LogP contribution is 2.28. The van der Waals surface area contributed by atoms with Crippen LogP contribution in [0.25, 0.3) is 21.8 Å². The molecule has 6 N–H and O–H groups in total. The molecule has 2 aromatic carbocycles. The first-order chi connectivity index (χ1) is 26.8. The number of fused-ring (bicyclic) bond motifs is 2. The van der Waals surface area contributed by atoms with Crippen molar-refractivity contribution in [1.82, 2.24) is 40.6 Å². The van der Waals surface area contributed by atoms with E-state index in [-0.39, 0.29) is 29.8 Å². The number of benzene rings is 2. The van der Waals surface area contributed by atoms with Crippen LogP contribution in [0.5, 0.6) is 0 Å². The van der Waals surface area contributed by atoms with Crippen LogP contribution >= 0.6 is 0 Å². The molecule has 0 aliphatic carbocycles. The van der Waals surface area contributed by atoms with E-state index in [1.54, 1.807) is 23.5 Å². The highest BCUT2D eigenvalue weighted by molar-refractivity contribution is 5.92. The molecular formula is C41H50N10O4. The number of unbranched alkanes of at least 4 members (excludes halogenated alkanes) is 1. The summed E-state index contributed by atoms with van der Waals surface area (Å²) < 4.78 is 0. The van der Waals surface area contributed by atoms with Crippen LogP contribution in [-0.4, -0.2) is 106 Å². The Labute approximate surface area is 319 Å². The Hall–Kier alpha value is -5.76. The molecule has 288 valence electrons. The summed E-state index contributed by atoms with van der Waals surface area (Å²) in [6.45, 7) is 5.71. The molecule has 5 heterocycles. The van der Waals surface area contributed by atoms with E-state index in [0.29, 0.717) is 71.5 Å². The average molecular weight is 747 g/mol. The monoisotopic (exact) mass is 746 g/mol. The van der Waals surface area contributed by atoms with E-state index in [0.717, 1.165) is 50.6 Å². The molecule has 55 heavy (non-hydrogen) atoms. The lowest BCUT2D eigenvalue weighted by molar-refractivity contribution is -0.137. The first-order valence-corrected chi connectivity index (χ1v) is 19.3. The molecule has 14 nitrogen and oxygen atoms in total. The van der Waals surface area contributed by atoms with E-state index in [2.05, 4.69) is 35.7 Å². The fourth-order valence-electron chi connectivity index (χ4n) is 7.96. The Morgan fingerprint density at radius 3 is 2.42 bits per heavy atom. The summed E-state index contributed by atoms with van der Waals surface area (Å²) in [4.78, 5) is 68.1. The maximum atomic E-state index is 14.3. The smallest absolute Gasteiger partial charge is 0.318 e. The van der Waals surface area contributed by atoms with Gasteiger partial charge < -0.3 is 36.1 Å². The molecule has 0 spiro atoms. The number of nitrogens with one attached hydrogen (secondary N) is 4. The first-order valence-electron chi connectivity index (χ1n) is 19.3. The maximum absolute atomic E-state index is 14.3. The summed E-state index contributed by atoms with van der Waals surface area (Å²) in [5.41, 5.74) is 11.0. The number of likely N-dealkylation sites (tertiary alicyclic amines) is 1. The maximum Gasteiger partial charge on any atom is 0.318 e. The summed E-state index contributed by atoms with van der Waals surface area (Å²) in [5, 5.41) is 15.2. The number of carbonyl (C=O) groups is 3. The number of hydrogen-bond donors (Lipinski definition) is 5. The molecule has 2 atom stereocenters. The van der Waals surface area contributed by atoms with E-state index in [4.69, 9.17) is 5.73 Å². The lowest BCUT2D eigenvalue weighted by Gasteiger charge is -2.38. The van der Waals surface area contributed by atoms with Gasteiger partial charge in [-0.2, -0.15) is 5.10 Å². The standard InChI is InChI=1S/C41H50N10O4/c1-27-22-28(23-31-26-44-48-37(27)31)24-36(47-41(55)51-16-11-29(12-17-51)33-25-30-6-2-3-7-34(30)45-38(33)52)39(53)46-35(8-4-5-13-42)40(54)50-20-18-49(19-21-50)32-9-14-43-15-10-32/h2-3,6-7,9-10,14-15,22-23,25-26,29,35-36H,4-5,8,11-13,16-21,24,42H2,1H3,(H,44,48)(H,45,52)(H,46,53)(H,47,55)/t35-,36-/m1/s1. The molecule has 2 aliphatic rings. The molecule has 3 aromatic heterocycles. The lowest BCUT2D eigenvalue weighted by Crippen LogP contribution is -2.59. The van der Waals surface area contributed by atoms with Gasteiger partial charge in [-0.1, -0.05) is 24.3 Å². The predicted molar refractivity (Wildman–Crippen MR) is 213 cm³/mol. The van der Waals surface area contributed by atoms with Crippen molar-refractivity contribution in [2.75, 3.05) is 50.7 Å². The molecule has 2 saturated heterocycles. The molecule has 4 amide bonds. The van der Waals surface area contributed by atoms with Crippen LogP contribution < -0.4 is 26.8 Å². The third kappa shape index (κ3) is 8.80. The number of nitrogens with two attached hydrogens (primary N) is 1. The van der Waals surface area contributed by atoms with Crippen molar-refractivity contribution in [1.29, 1.82) is 0 Å². The van der Waals surface area contributed by atoms with Gasteiger partial charge in [0, 0.05) is 80.2 Å². The number of piperidine rings is 1. The molecule has 5 aromatic rings. The number of aromatic amines is 2. The van der Waals surface area contributed by atoms with Gasteiger partial charge in [0.1, 0.15) is 12.1 Å². The first kappa shape index (κ1) is 37.6. The number of nitrogens with zero attached hydrogens (tertiary/aromatic N) is 5. The minimum Gasteiger partial charge on any atom is -0.368 e. The third-order valence-corrected chi connectivity index (χ3v) is 11.0. The highest BCUT2D eigenvalue weighted by Gasteiger charge is 2.33. The second-order valence-electron chi connectivity index (χ2n) is 14.7. The number of aromatic nitrogens is 4. The van der Waals surface area contributed by atoms with Gasteiger partial charge in [-0.15, -0.1) is 0 Å². The van der Waals surface area contributed by atoms with E-state index >= 15 is 0 Å². The molecule has 0 bridgehead atoms. The van der Waals surface area contributed by atoms with E-state index in [1.807, 2.05) is 66.4 Å². The lowest BCUT2D eigenvalue weighted by atomic mass is 9.89. The fourth-order valence-corrected chi connectivity index (χ4v) is 7.96. The van der Waals surface area contributed by atoms with Gasteiger partial charge in [-0.3, -0.25) is 24.5 Å². The molecule has 2 fully saturated rings. The van der Waals surface area contributed by atoms with Crippen LogP contribution in [0.15, 0.2) is 78.0 Å². The van der Waals surface area contributed by atoms with Crippen LogP contribution in [-0.2, 0) is 16.0 Å². The quantitative estimate of drug-likeness (QED) is 0.120. The Bertz CT molecular complexity index is 2170. The summed E-state index contributed by atoms with van der Waals surface area (Å²) in [7, 11) is 0. The summed E-state index contributed by atoms with van der Waals surface area (Å²) in [6.07, 6.45) is 8.55. The van der Waals surface area contributed by atoms with Crippen molar-refractivity contribution < 1.29 is 14.4 Å². The SMILES string of the molecule is Cc1cc(C[C@@H](NC(=O)N2CCC(c3cc4ccccc4[nH]c3=O)CC2)C(=O)N[C@H](CCCCN)C(=O)N2CCN(c3ccncc3)CC2)cc2cn[nH]c12. The zero-order chi connectivity index (χ0) is 38.3. The number of para-hydroxylation sites is 1. The van der Waals surface area contributed by atoms with Gasteiger partial charge in [0.15, 0.2) is 0 Å². The van der Waals surface area contributed by atoms with E-state index < -0.39 is 18.0 Å². The number of rotatable bonds is 12. The van der Waals surface area contributed by atoms with E-state index in [1.165, 1.54) is 0 Å². The van der Waals surface area contributed by atoms with Gasteiger partial charge in [0.25, 0.3) is 5.56 Å². The van der Waals surface area contributed by atoms with Gasteiger partial charge in [-0.25, -0.2) is 4.79 Å². The van der Waals surface area contributed by atoms with Crippen LogP contribution in [0.1, 0.15) is 54.7 Å². The molecular weight excluding hydrogens is 697 g/mol. The summed E-state index contributed by atoms with van der Waals surface area (Å²) in [6, 6.07) is 15.5. The Morgan fingerprint density at radius 1 is 0.891 bits per heavy atom. The number of carbonyl (C=O) groups excluding carboxylic acids is 3. The number of pyridine rings is 2. The second kappa shape index (κ2) is 17.1. The minimum atomic E-state index is -0.953. The van der Waals surface area contributed by atoms with Gasteiger partial charge in [-0.05, 0) is 98.3 Å². The number of anilines is 1. The Balaban J connectivity index is 1.05. The number of hydrogen-bond acceptors (Lipinski definition) is 8. The van der Waals surface area contributed by atoms with Gasteiger partial charge in [0.2, 0.25) is 11.8 Å². The average Bonchev–Trinajstić information content (AvgIpc) is 3.70. The minimum absolute atomic E-state index is 0.00743. The molecule has 0 saturated carbocycles. The number of piperazine rings is 1. The molecule has 0 radical (unpaired) electrons. The number of amides is 4. The molecule has 0 unspecified atom stereocenters. The zero-order valence-corrected chi connectivity index (χ0v) is 31.3. The number of aryl methyl sites for hydroxylation is 1. The Morgan fingerprint density at radius 2 is 1.65 bits per heavy atom. The second-order valence-corrected chi connectivity index (χ2v) is 14.7. The van der Waals surface area contributed by atoms with Gasteiger partial charge in [0.05, 0.1) is 11.7 Å². The topological polar surface area (TPSA) is 185 Å². The number of urea groups is 1. The van der Waals surface area contributed by atoms with Crippen molar-refractivity contribution in [3.8, 4) is 0 Å².